The van der Waals surface area contributed by atoms with Crippen molar-refractivity contribution < 1.29 is 47.5 Å². The van der Waals surface area contributed by atoms with Crippen LogP contribution in [-0.4, -0.2) is 97.3 Å². The fourth-order valence-corrected chi connectivity index (χ4v) is 10.4. The van der Waals surface area contributed by atoms with Gasteiger partial charge >= 0.3 is 11.9 Å². The van der Waals surface area contributed by atoms with E-state index in [1.165, 1.54) is 60.9 Å². The van der Waals surface area contributed by atoms with Gasteiger partial charge in [0.1, 0.15) is 59.6 Å². The van der Waals surface area contributed by atoms with Crippen molar-refractivity contribution in [2.45, 2.75) is 79.7 Å². The maximum atomic E-state index is 17.0. The van der Waals surface area contributed by atoms with Gasteiger partial charge in [0.2, 0.25) is 0 Å². The lowest BCUT2D eigenvalue weighted by molar-refractivity contribution is -0.0940. The Hall–Kier alpha value is -4.73. The number of thioether (sulfide) groups is 1. The maximum Gasteiger partial charge on any atom is 0.338 e. The number of hydrogen-bond donors (Lipinski definition) is 4. The van der Waals surface area contributed by atoms with E-state index in [0.717, 1.165) is 10.4 Å². The predicted molar refractivity (Wildman–Crippen MR) is 225 cm³/mol. The van der Waals surface area contributed by atoms with Crippen LogP contribution in [0.25, 0.3) is 21.8 Å². The SMILES string of the molecule is CSc1ncnc2c([C@]3(C)O[C@H](COC(=O)c4ccccc4)[C@@H](OC(=O)c4ccccc4)[C@@]3(C)F)scc12.C[C@@]1(c2scc3c(N)ncnc23)O[C@H](CO)[C@@H](O)[C@@]1(C)F.N. The summed E-state index contributed by atoms with van der Waals surface area (Å²) >= 11 is 4.02. The zero-order valence-corrected chi connectivity index (χ0v) is 35.7. The number of ether oxygens (including phenoxy) is 4. The average molecular weight is 883 g/mol. The molecule has 0 spiro atoms. The molecule has 2 aromatic carbocycles. The summed E-state index contributed by atoms with van der Waals surface area (Å²) in [7, 11) is 0. The summed E-state index contributed by atoms with van der Waals surface area (Å²) in [6.07, 6.45) is -0.212. The van der Waals surface area contributed by atoms with Gasteiger partial charge in [-0.25, -0.2) is 38.3 Å². The number of aromatic nitrogens is 4. The summed E-state index contributed by atoms with van der Waals surface area (Å²) in [5.41, 5.74) is 0.221. The van der Waals surface area contributed by atoms with Gasteiger partial charge in [-0.15, -0.1) is 34.4 Å². The van der Waals surface area contributed by atoms with Crippen LogP contribution in [0.3, 0.4) is 0 Å². The van der Waals surface area contributed by atoms with Crippen molar-refractivity contribution in [3.8, 4) is 0 Å². The number of rotatable bonds is 9. The zero-order chi connectivity index (χ0) is 42.3. The van der Waals surface area contributed by atoms with Gasteiger partial charge < -0.3 is 41.0 Å². The molecular weight excluding hydrogens is 839 g/mol. The number of thiophene rings is 2. The maximum absolute atomic E-state index is 17.0. The van der Waals surface area contributed by atoms with Crippen molar-refractivity contribution in [2.75, 3.05) is 25.2 Å². The van der Waals surface area contributed by atoms with Crippen molar-refractivity contribution in [1.82, 2.24) is 26.1 Å². The first-order valence-electron chi connectivity index (χ1n) is 18.3. The Morgan fingerprint density at radius 1 is 0.800 bits per heavy atom. The van der Waals surface area contributed by atoms with Crippen LogP contribution in [0.2, 0.25) is 0 Å². The standard InChI is InChI=1S/C28H25FN2O5S2.C13H16FN3O3S.H3N/c1-27(29)22(35-26(33)18-12-8-5-9-13-18)20(14-34-25(32)17-10-6-4-7-11-17)36-28(27,2)23-21-19(15-38-23)24(37-3)31-16-30-21;1-12(14)9(19)7(3-18)20-13(12,2)10-8-6(4-21-10)11(15)17-5-16-8;/h4-13,15-16,20,22H,14H2,1-3H3;4-5,7,9,18-19H,3H2,1-2H3,(H2,15,16,17);1H3/t20-,22-,27-,28+;7-,9-,12-,13+;/m11./s1. The van der Waals surface area contributed by atoms with Crippen LogP contribution in [0, 0.1) is 0 Å². The quantitative estimate of drug-likeness (QED) is 0.0654. The highest BCUT2D eigenvalue weighted by Crippen LogP contribution is 2.55. The number of hydrogen-bond acceptors (Lipinski definition) is 17. The molecule has 0 unspecified atom stereocenters. The van der Waals surface area contributed by atoms with Crippen LogP contribution in [0.15, 0.2) is 89.1 Å². The first kappa shape index (κ1) is 44.8. The number of halogens is 2. The van der Waals surface area contributed by atoms with Crippen LogP contribution < -0.4 is 11.9 Å². The van der Waals surface area contributed by atoms with E-state index in [0.29, 0.717) is 37.6 Å². The van der Waals surface area contributed by atoms with Crippen molar-refractivity contribution in [1.29, 1.82) is 0 Å². The van der Waals surface area contributed by atoms with Crippen molar-refractivity contribution in [3.63, 3.8) is 0 Å². The van der Waals surface area contributed by atoms with Crippen molar-refractivity contribution in [2.24, 2.45) is 0 Å². The van der Waals surface area contributed by atoms with Crippen LogP contribution in [0.5, 0.6) is 0 Å². The molecule has 2 aliphatic rings. The zero-order valence-electron chi connectivity index (χ0n) is 33.2. The number of alkyl halides is 2. The summed E-state index contributed by atoms with van der Waals surface area (Å²) in [5.74, 6) is -0.978. The third-order valence-electron chi connectivity index (χ3n) is 11.1. The molecule has 0 saturated carbocycles. The van der Waals surface area contributed by atoms with Crippen LogP contribution >= 0.6 is 34.4 Å². The second-order valence-electron chi connectivity index (χ2n) is 14.6. The largest absolute Gasteiger partial charge is 0.459 e. The molecule has 2 aliphatic heterocycles. The van der Waals surface area contributed by atoms with E-state index in [1.807, 2.05) is 11.6 Å². The molecule has 14 nitrogen and oxygen atoms in total. The highest BCUT2D eigenvalue weighted by Gasteiger charge is 2.66. The van der Waals surface area contributed by atoms with E-state index in [2.05, 4.69) is 19.9 Å². The minimum atomic E-state index is -2.20. The van der Waals surface area contributed by atoms with Gasteiger partial charge in [0.05, 0.1) is 43.9 Å². The number of benzene rings is 2. The molecular formula is C41H44F2N6O8S3. The van der Waals surface area contributed by atoms with Gasteiger partial charge in [-0.05, 0) is 58.2 Å². The van der Waals surface area contributed by atoms with Gasteiger partial charge in [-0.3, -0.25) is 0 Å². The third kappa shape index (κ3) is 7.61. The lowest BCUT2D eigenvalue weighted by Crippen LogP contribution is -2.49. The smallest absolute Gasteiger partial charge is 0.338 e. The fourth-order valence-electron chi connectivity index (χ4n) is 7.34. The Balaban J connectivity index is 0.000000232. The first-order chi connectivity index (χ1) is 28.1. The number of fused-ring (bicyclic) bond motifs is 2. The molecule has 0 amide bonds. The lowest BCUT2D eigenvalue weighted by atomic mass is 9.83. The van der Waals surface area contributed by atoms with Gasteiger partial charge in [0.25, 0.3) is 0 Å². The summed E-state index contributed by atoms with van der Waals surface area (Å²) in [5, 5.41) is 25.1. The summed E-state index contributed by atoms with van der Waals surface area (Å²) < 4.78 is 55.4. The number of nitrogens with zero attached hydrogens (tertiary/aromatic N) is 4. The number of carbonyl (C=O) groups is 2. The predicted octanol–water partition coefficient (Wildman–Crippen LogP) is 6.97. The number of carbonyl (C=O) groups excluding carboxylic acids is 2. The first-order valence-corrected chi connectivity index (χ1v) is 21.3. The molecule has 0 bridgehead atoms. The summed E-state index contributed by atoms with van der Waals surface area (Å²) in [6, 6.07) is 16.8. The Morgan fingerprint density at radius 3 is 1.88 bits per heavy atom. The Bertz CT molecular complexity index is 2480. The minimum Gasteiger partial charge on any atom is -0.459 e. The molecule has 7 N–H and O–H groups in total. The number of nitrogen functional groups attached to an aromatic ring is 1. The molecule has 0 radical (unpaired) electrons. The number of aliphatic hydroxyl groups is 2. The van der Waals surface area contributed by atoms with Crippen LogP contribution in [0.1, 0.15) is 58.2 Å². The highest BCUT2D eigenvalue weighted by molar-refractivity contribution is 7.98. The molecule has 318 valence electrons. The molecule has 0 aliphatic carbocycles. The van der Waals surface area contributed by atoms with Gasteiger partial charge in [-0.2, -0.15) is 0 Å². The Kier molecular flexibility index (Phi) is 12.9. The Labute approximate surface area is 356 Å². The lowest BCUT2D eigenvalue weighted by Gasteiger charge is -2.34. The monoisotopic (exact) mass is 882 g/mol. The van der Waals surface area contributed by atoms with E-state index < -0.39 is 65.5 Å². The van der Waals surface area contributed by atoms with Crippen LogP contribution in [-0.2, 0) is 30.1 Å². The van der Waals surface area contributed by atoms with E-state index in [4.69, 9.17) is 24.7 Å². The molecule has 60 heavy (non-hydrogen) atoms. The number of nitrogens with two attached hydrogens (primary N) is 1. The van der Waals surface area contributed by atoms with Gasteiger partial charge in [0, 0.05) is 16.1 Å². The third-order valence-corrected chi connectivity index (χ3v) is 14.1. The molecule has 2 fully saturated rings. The van der Waals surface area contributed by atoms with E-state index in [-0.39, 0.29) is 18.3 Å². The summed E-state index contributed by atoms with van der Waals surface area (Å²) in [6.45, 7) is 5.00. The molecule has 8 atom stereocenters. The molecule has 2 saturated heterocycles. The molecule has 6 heterocycles. The number of esters is 2. The topological polar surface area (TPSA) is 224 Å². The molecule has 6 aromatic rings. The average Bonchev–Trinajstić information content (AvgIpc) is 3.97. The number of aliphatic hydroxyl groups excluding tert-OH is 2. The van der Waals surface area contributed by atoms with Crippen molar-refractivity contribution >= 4 is 74.0 Å². The number of anilines is 1. The van der Waals surface area contributed by atoms with E-state index in [1.54, 1.807) is 79.9 Å². The highest BCUT2D eigenvalue weighted by atomic mass is 32.2. The molecule has 8 rings (SSSR count). The Morgan fingerprint density at radius 2 is 1.32 bits per heavy atom. The van der Waals surface area contributed by atoms with E-state index in [9.17, 15) is 19.8 Å². The molecule has 19 heteroatoms. The van der Waals surface area contributed by atoms with Gasteiger partial charge in [0.15, 0.2) is 17.4 Å². The summed E-state index contributed by atoms with van der Waals surface area (Å²) in [4.78, 5) is 43.5. The van der Waals surface area contributed by atoms with Crippen molar-refractivity contribution in [3.05, 3.63) is 105 Å². The van der Waals surface area contributed by atoms with Crippen LogP contribution in [0.4, 0.5) is 14.6 Å². The van der Waals surface area contributed by atoms with Gasteiger partial charge in [-0.1, -0.05) is 36.4 Å². The fraction of sp³-hybridized carbons (Fsp3) is 0.366. The minimum absolute atomic E-state index is 0. The second kappa shape index (κ2) is 17.3. The molecule has 4 aromatic heterocycles. The second-order valence-corrected chi connectivity index (χ2v) is 17.2. The van der Waals surface area contributed by atoms with E-state index >= 15 is 8.78 Å². The normalized spacial score (nSPS) is 28.5.